The Labute approximate surface area is 94.0 Å². The number of H-pyrrole nitrogens is 1. The number of hydrogen-bond acceptors (Lipinski definition) is 5. The average Bonchev–Trinajstić information content (AvgIpc) is 3.04. The second-order valence-electron chi connectivity index (χ2n) is 3.90. The number of nitrogens with one attached hydrogen (secondary N) is 1. The number of ketones is 1. The number of carbonyl (C=O) groups excluding carboxylic acids is 1. The summed E-state index contributed by atoms with van der Waals surface area (Å²) in [6.45, 7) is -0.235. The molecule has 0 amide bonds. The van der Waals surface area contributed by atoms with E-state index in [1.54, 1.807) is 0 Å². The lowest BCUT2D eigenvalue weighted by atomic mass is 10.2. The molecule has 1 N–H and O–H groups in total. The van der Waals surface area contributed by atoms with Crippen molar-refractivity contribution in [3.63, 3.8) is 0 Å². The smallest absolute Gasteiger partial charge is 0.297 e. The highest BCUT2D eigenvalue weighted by Gasteiger charge is 2.30. The van der Waals surface area contributed by atoms with Gasteiger partial charge in [0.1, 0.15) is 0 Å². The third kappa shape index (κ3) is 2.30. The maximum Gasteiger partial charge on any atom is 0.350 e. The van der Waals surface area contributed by atoms with Crippen molar-refractivity contribution in [3.05, 3.63) is 37.1 Å². The van der Waals surface area contributed by atoms with Crippen LogP contribution in [0.3, 0.4) is 0 Å². The lowest BCUT2D eigenvalue weighted by Crippen LogP contribution is -2.33. The lowest BCUT2D eigenvalue weighted by molar-refractivity contribution is -0.386. The van der Waals surface area contributed by atoms with E-state index in [1.807, 2.05) is 4.98 Å². The van der Waals surface area contributed by atoms with Crippen LogP contribution in [-0.2, 0) is 11.3 Å². The highest BCUT2D eigenvalue weighted by molar-refractivity contribution is 5.82. The minimum absolute atomic E-state index is 0.0483. The molecular formula is C9H9N3O5. The molecule has 90 valence electrons. The fraction of sp³-hybridized carbons (Fsp3) is 0.444. The van der Waals surface area contributed by atoms with Crippen LogP contribution in [0, 0.1) is 16.0 Å². The predicted molar refractivity (Wildman–Crippen MR) is 55.7 cm³/mol. The van der Waals surface area contributed by atoms with Crippen LogP contribution >= 0.6 is 0 Å². The molecule has 8 nitrogen and oxygen atoms in total. The number of aromatic amines is 1. The second-order valence-corrected chi connectivity index (χ2v) is 3.90. The Morgan fingerprint density at radius 2 is 2.18 bits per heavy atom. The summed E-state index contributed by atoms with van der Waals surface area (Å²) in [6, 6.07) is 0. The first-order valence-electron chi connectivity index (χ1n) is 5.00. The van der Waals surface area contributed by atoms with Gasteiger partial charge >= 0.3 is 16.9 Å². The molecule has 0 bridgehead atoms. The normalized spacial score (nSPS) is 14.6. The van der Waals surface area contributed by atoms with Gasteiger partial charge in [0.25, 0.3) is 0 Å². The van der Waals surface area contributed by atoms with Crippen molar-refractivity contribution >= 4 is 11.5 Å². The Balaban J connectivity index is 2.36. The molecule has 0 aliphatic heterocycles. The summed E-state index contributed by atoms with van der Waals surface area (Å²) < 4.78 is 0.861. The molecule has 1 saturated carbocycles. The molecule has 0 saturated heterocycles. The minimum atomic E-state index is -1.06. The highest BCUT2D eigenvalue weighted by Crippen LogP contribution is 2.30. The molecule has 0 aromatic carbocycles. The SMILES string of the molecule is O=C(Cn1cc([N+](=O)[O-])c(=O)[nH]c1=O)C1CC1. The van der Waals surface area contributed by atoms with Gasteiger partial charge in [-0.2, -0.15) is 0 Å². The van der Waals surface area contributed by atoms with Gasteiger partial charge in [0.05, 0.1) is 17.7 Å². The first-order chi connectivity index (χ1) is 7.99. The van der Waals surface area contributed by atoms with Gasteiger partial charge in [0.2, 0.25) is 0 Å². The Morgan fingerprint density at radius 3 is 2.71 bits per heavy atom. The second kappa shape index (κ2) is 3.96. The van der Waals surface area contributed by atoms with Crippen LogP contribution < -0.4 is 11.2 Å². The van der Waals surface area contributed by atoms with Crippen molar-refractivity contribution in [1.29, 1.82) is 0 Å². The molecule has 1 heterocycles. The number of carbonyl (C=O) groups is 1. The van der Waals surface area contributed by atoms with Crippen molar-refractivity contribution in [2.45, 2.75) is 19.4 Å². The van der Waals surface area contributed by atoms with Gasteiger partial charge in [-0.3, -0.25) is 29.3 Å². The van der Waals surface area contributed by atoms with E-state index in [-0.39, 0.29) is 18.2 Å². The van der Waals surface area contributed by atoms with E-state index >= 15 is 0 Å². The van der Waals surface area contributed by atoms with Crippen molar-refractivity contribution in [2.24, 2.45) is 5.92 Å². The maximum absolute atomic E-state index is 11.5. The molecule has 0 atom stereocenters. The van der Waals surface area contributed by atoms with Gasteiger partial charge in [-0.05, 0) is 12.8 Å². The Kier molecular flexibility index (Phi) is 2.62. The first-order valence-corrected chi connectivity index (χ1v) is 5.00. The fourth-order valence-corrected chi connectivity index (χ4v) is 1.45. The summed E-state index contributed by atoms with van der Waals surface area (Å²) in [7, 11) is 0. The van der Waals surface area contributed by atoms with Crippen molar-refractivity contribution in [2.75, 3.05) is 0 Å². The number of nitro groups is 1. The maximum atomic E-state index is 11.5. The van der Waals surface area contributed by atoms with Crippen molar-refractivity contribution in [3.8, 4) is 0 Å². The lowest BCUT2D eigenvalue weighted by Gasteiger charge is -2.02. The third-order valence-electron chi connectivity index (χ3n) is 2.55. The van der Waals surface area contributed by atoms with Crippen LogP contribution in [0.25, 0.3) is 0 Å². The highest BCUT2D eigenvalue weighted by atomic mass is 16.6. The van der Waals surface area contributed by atoms with Gasteiger partial charge in [0.15, 0.2) is 5.78 Å². The quantitative estimate of drug-likeness (QED) is 0.557. The molecule has 17 heavy (non-hydrogen) atoms. The van der Waals surface area contributed by atoms with E-state index in [0.717, 1.165) is 23.6 Å². The van der Waals surface area contributed by atoms with Crippen molar-refractivity contribution in [1.82, 2.24) is 9.55 Å². The number of nitrogens with zero attached hydrogens (tertiary/aromatic N) is 2. The zero-order chi connectivity index (χ0) is 12.6. The summed E-state index contributed by atoms with van der Waals surface area (Å²) in [5.74, 6) is -0.193. The van der Waals surface area contributed by atoms with Crippen molar-refractivity contribution < 1.29 is 9.72 Å². The van der Waals surface area contributed by atoms with E-state index in [1.165, 1.54) is 0 Å². The van der Waals surface area contributed by atoms with Gasteiger partial charge < -0.3 is 0 Å². The van der Waals surface area contributed by atoms with Crippen LogP contribution in [-0.4, -0.2) is 20.3 Å². The molecule has 0 spiro atoms. The number of Topliss-reactive ketones (excluding diaryl/α,β-unsaturated/α-hetero) is 1. The van der Waals surface area contributed by atoms with E-state index < -0.39 is 21.9 Å². The summed E-state index contributed by atoms with van der Waals surface area (Å²) >= 11 is 0. The van der Waals surface area contributed by atoms with E-state index in [2.05, 4.69) is 0 Å². The standard InChI is InChI=1S/C9H9N3O5/c13-7(5-1-2-5)4-11-3-6(12(16)17)8(14)10-9(11)15/h3,5H,1-2,4H2,(H,10,14,15). The number of aromatic nitrogens is 2. The largest absolute Gasteiger partial charge is 0.350 e. The Bertz CT molecular complexity index is 595. The fourth-order valence-electron chi connectivity index (χ4n) is 1.45. The molecule has 1 aliphatic carbocycles. The van der Waals surface area contributed by atoms with Crippen LogP contribution in [0.15, 0.2) is 15.8 Å². The van der Waals surface area contributed by atoms with E-state index in [9.17, 15) is 24.5 Å². The Hall–Kier alpha value is -2.25. The van der Waals surface area contributed by atoms with E-state index in [4.69, 9.17) is 0 Å². The summed E-state index contributed by atoms with van der Waals surface area (Å²) in [5.41, 5.74) is -2.61. The zero-order valence-corrected chi connectivity index (χ0v) is 8.71. The van der Waals surface area contributed by atoms with Crippen LogP contribution in [0.5, 0.6) is 0 Å². The van der Waals surface area contributed by atoms with Gasteiger partial charge in [0, 0.05) is 5.92 Å². The van der Waals surface area contributed by atoms with Crippen LogP contribution in [0.2, 0.25) is 0 Å². The molecular weight excluding hydrogens is 230 g/mol. The number of hydrogen-bond donors (Lipinski definition) is 1. The van der Waals surface area contributed by atoms with Crippen LogP contribution in [0.4, 0.5) is 5.69 Å². The average molecular weight is 239 g/mol. The van der Waals surface area contributed by atoms with Gasteiger partial charge in [-0.25, -0.2) is 4.79 Å². The molecule has 2 rings (SSSR count). The summed E-state index contributed by atoms with van der Waals surface area (Å²) in [6.07, 6.45) is 2.39. The topological polar surface area (TPSA) is 115 Å². The molecule has 1 aliphatic rings. The molecule has 8 heteroatoms. The van der Waals surface area contributed by atoms with E-state index in [0.29, 0.717) is 0 Å². The molecule has 0 radical (unpaired) electrons. The van der Waals surface area contributed by atoms with Crippen LogP contribution in [0.1, 0.15) is 12.8 Å². The third-order valence-corrected chi connectivity index (χ3v) is 2.55. The monoisotopic (exact) mass is 239 g/mol. The zero-order valence-electron chi connectivity index (χ0n) is 8.71. The predicted octanol–water partition coefficient (Wildman–Crippen LogP) is -0.576. The molecule has 1 fully saturated rings. The summed E-state index contributed by atoms with van der Waals surface area (Å²) in [4.78, 5) is 45.3. The molecule has 1 aromatic rings. The van der Waals surface area contributed by atoms with Gasteiger partial charge in [-0.15, -0.1) is 0 Å². The van der Waals surface area contributed by atoms with Gasteiger partial charge in [-0.1, -0.05) is 0 Å². The molecule has 0 unspecified atom stereocenters. The number of rotatable bonds is 4. The molecule has 1 aromatic heterocycles. The Morgan fingerprint density at radius 1 is 1.53 bits per heavy atom. The summed E-state index contributed by atoms with van der Waals surface area (Å²) in [5, 5.41) is 10.5. The first kappa shape index (κ1) is 11.2. The minimum Gasteiger partial charge on any atom is -0.297 e.